The van der Waals surface area contributed by atoms with E-state index >= 15 is 0 Å². The van der Waals surface area contributed by atoms with Crippen LogP contribution in [0.3, 0.4) is 0 Å². The molecule has 0 aromatic carbocycles. The number of rotatable bonds is 6. The van der Waals surface area contributed by atoms with Crippen molar-refractivity contribution in [1.82, 2.24) is 0 Å². The van der Waals surface area contributed by atoms with Crippen LogP contribution in [0.1, 0.15) is 78.1 Å². The second-order valence-corrected chi connectivity index (χ2v) is 11.2. The zero-order chi connectivity index (χ0) is 16.7. The molecule has 0 atom stereocenters. The van der Waals surface area contributed by atoms with Gasteiger partial charge in [0.05, 0.1) is 13.2 Å². The van der Waals surface area contributed by atoms with E-state index in [9.17, 15) is 9.59 Å². The Bertz CT molecular complexity index is 360. The quantitative estimate of drug-likeness (QED) is 0.592. The SMILES string of the molecule is CCOC(=O)[Si](C(=O)OCC)(C1CCCCC1)C1CCCCC1. The molecule has 0 aromatic rings. The molecule has 2 saturated carbocycles. The first-order chi connectivity index (χ1) is 11.2. The lowest BCUT2D eigenvalue weighted by atomic mass is 9.99. The summed E-state index contributed by atoms with van der Waals surface area (Å²) in [5, 5.41) is 0. The van der Waals surface area contributed by atoms with Crippen LogP contribution in [-0.2, 0) is 9.47 Å². The second kappa shape index (κ2) is 8.86. The van der Waals surface area contributed by atoms with Crippen molar-refractivity contribution in [3.8, 4) is 0 Å². The van der Waals surface area contributed by atoms with Crippen molar-refractivity contribution in [3.05, 3.63) is 0 Å². The zero-order valence-electron chi connectivity index (χ0n) is 14.8. The normalized spacial score (nSPS) is 21.0. The first-order valence-corrected chi connectivity index (χ1v) is 11.7. The number of carbonyl (C=O) groups is 2. The average Bonchev–Trinajstić information content (AvgIpc) is 2.58. The smallest absolute Gasteiger partial charge is 0.317 e. The maximum absolute atomic E-state index is 13.1. The molecule has 23 heavy (non-hydrogen) atoms. The highest BCUT2D eigenvalue weighted by Gasteiger charge is 2.63. The highest BCUT2D eigenvalue weighted by Crippen LogP contribution is 2.49. The average molecular weight is 341 g/mol. The van der Waals surface area contributed by atoms with E-state index in [0.717, 1.165) is 51.4 Å². The lowest BCUT2D eigenvalue weighted by Gasteiger charge is -2.42. The molecule has 2 aliphatic carbocycles. The molecule has 0 unspecified atom stereocenters. The number of hydrogen-bond acceptors (Lipinski definition) is 4. The third kappa shape index (κ3) is 3.81. The van der Waals surface area contributed by atoms with Crippen molar-refractivity contribution < 1.29 is 19.1 Å². The molecule has 2 aliphatic rings. The Morgan fingerprint density at radius 3 is 1.39 bits per heavy atom. The summed E-state index contributed by atoms with van der Waals surface area (Å²) in [7, 11) is -2.96. The minimum absolute atomic E-state index is 0.183. The molecular formula is C18H32O4Si. The van der Waals surface area contributed by atoms with Crippen LogP contribution in [0.4, 0.5) is 9.59 Å². The lowest BCUT2D eigenvalue weighted by Crippen LogP contribution is -2.60. The van der Waals surface area contributed by atoms with E-state index in [1.807, 2.05) is 13.8 Å². The molecule has 0 saturated heterocycles. The van der Waals surface area contributed by atoms with Crippen molar-refractivity contribution in [2.75, 3.05) is 13.2 Å². The monoisotopic (exact) mass is 340 g/mol. The van der Waals surface area contributed by atoms with Gasteiger partial charge in [0, 0.05) is 0 Å². The van der Waals surface area contributed by atoms with Gasteiger partial charge in [0.25, 0.3) is 11.2 Å². The van der Waals surface area contributed by atoms with E-state index in [1.54, 1.807) is 0 Å². The number of carbonyl (C=O) groups excluding carboxylic acids is 2. The molecule has 0 aromatic heterocycles. The van der Waals surface area contributed by atoms with Crippen LogP contribution >= 0.6 is 0 Å². The molecule has 0 amide bonds. The Labute approximate surface area is 141 Å². The van der Waals surface area contributed by atoms with Crippen LogP contribution in [-0.4, -0.2) is 32.5 Å². The van der Waals surface area contributed by atoms with Gasteiger partial charge in [0.15, 0.2) is 0 Å². The lowest BCUT2D eigenvalue weighted by molar-refractivity contribution is 0.163. The van der Waals surface area contributed by atoms with Gasteiger partial charge in [-0.25, -0.2) is 0 Å². The Hall–Kier alpha value is -0.843. The Morgan fingerprint density at radius 1 is 0.739 bits per heavy atom. The Balaban J connectivity index is 2.41. The van der Waals surface area contributed by atoms with Gasteiger partial charge in [0.2, 0.25) is 0 Å². The molecule has 5 heteroatoms. The fourth-order valence-electron chi connectivity index (χ4n) is 4.70. The molecule has 0 radical (unpaired) electrons. The van der Waals surface area contributed by atoms with E-state index in [-0.39, 0.29) is 22.3 Å². The van der Waals surface area contributed by atoms with Crippen LogP contribution in [0.15, 0.2) is 0 Å². The first-order valence-electron chi connectivity index (χ1n) is 9.52. The largest absolute Gasteiger partial charge is 0.470 e. The first kappa shape index (κ1) is 18.5. The van der Waals surface area contributed by atoms with E-state index in [1.165, 1.54) is 12.8 Å². The summed E-state index contributed by atoms with van der Waals surface area (Å²) in [6, 6.07) is 0. The van der Waals surface area contributed by atoms with Crippen molar-refractivity contribution in [2.45, 2.75) is 89.1 Å². The number of ether oxygens (including phenoxy) is 2. The molecule has 0 spiro atoms. The minimum Gasteiger partial charge on any atom is -0.470 e. The van der Waals surface area contributed by atoms with Gasteiger partial charge in [-0.15, -0.1) is 0 Å². The zero-order valence-corrected chi connectivity index (χ0v) is 15.8. The fraction of sp³-hybridized carbons (Fsp3) is 0.889. The highest BCUT2D eigenvalue weighted by atomic mass is 28.3. The van der Waals surface area contributed by atoms with Gasteiger partial charge in [-0.3, -0.25) is 9.59 Å². The van der Waals surface area contributed by atoms with Crippen molar-refractivity contribution in [1.29, 1.82) is 0 Å². The van der Waals surface area contributed by atoms with Crippen molar-refractivity contribution in [2.24, 2.45) is 0 Å². The van der Waals surface area contributed by atoms with Gasteiger partial charge in [-0.05, 0) is 24.9 Å². The fourth-order valence-corrected chi connectivity index (χ4v) is 10.3. The van der Waals surface area contributed by atoms with Crippen LogP contribution in [0.25, 0.3) is 0 Å². The summed E-state index contributed by atoms with van der Waals surface area (Å²) in [5.41, 5.74) is 0.0735. The summed E-state index contributed by atoms with van der Waals surface area (Å²) < 4.78 is 11.0. The van der Waals surface area contributed by atoms with Gasteiger partial charge in [-0.2, -0.15) is 0 Å². The molecule has 4 nitrogen and oxygen atoms in total. The summed E-state index contributed by atoms with van der Waals surface area (Å²) in [5.74, 6) is 0. The summed E-state index contributed by atoms with van der Waals surface area (Å²) >= 11 is 0. The summed E-state index contributed by atoms with van der Waals surface area (Å²) in [4.78, 5) is 26.2. The van der Waals surface area contributed by atoms with E-state index in [4.69, 9.17) is 9.47 Å². The molecular weight excluding hydrogens is 308 g/mol. The third-order valence-corrected chi connectivity index (χ3v) is 11.1. The van der Waals surface area contributed by atoms with E-state index in [0.29, 0.717) is 13.2 Å². The predicted octanol–water partition coefficient (Wildman–Crippen LogP) is 5.58. The molecule has 2 fully saturated rings. The maximum atomic E-state index is 13.1. The van der Waals surface area contributed by atoms with Gasteiger partial charge < -0.3 is 9.47 Å². The van der Waals surface area contributed by atoms with Gasteiger partial charge in [-0.1, -0.05) is 64.2 Å². The molecule has 132 valence electrons. The highest BCUT2D eigenvalue weighted by molar-refractivity contribution is 7.25. The summed E-state index contributed by atoms with van der Waals surface area (Å²) in [6.07, 6.45) is 11.0. The van der Waals surface area contributed by atoms with Gasteiger partial charge in [0.1, 0.15) is 0 Å². The van der Waals surface area contributed by atoms with Crippen molar-refractivity contribution >= 4 is 19.3 Å². The number of hydrogen-bond donors (Lipinski definition) is 0. The second-order valence-electron chi connectivity index (χ2n) is 6.98. The third-order valence-electron chi connectivity index (χ3n) is 5.72. The Morgan fingerprint density at radius 2 is 1.09 bits per heavy atom. The maximum Gasteiger partial charge on any atom is 0.317 e. The van der Waals surface area contributed by atoms with Crippen LogP contribution < -0.4 is 0 Å². The van der Waals surface area contributed by atoms with Crippen LogP contribution in [0.5, 0.6) is 0 Å². The van der Waals surface area contributed by atoms with Crippen LogP contribution in [0.2, 0.25) is 11.1 Å². The van der Waals surface area contributed by atoms with E-state index in [2.05, 4.69) is 0 Å². The standard InChI is InChI=1S/C18H32O4Si/c1-3-21-17(19)23(18(20)22-4-2,15-11-7-5-8-12-15)16-13-9-6-10-14-16/h15-16H,3-14H2,1-2H3. The Kier molecular flexibility index (Phi) is 7.12. The summed E-state index contributed by atoms with van der Waals surface area (Å²) in [6.45, 7) is 4.38. The van der Waals surface area contributed by atoms with E-state index < -0.39 is 8.07 Å². The predicted molar refractivity (Wildman–Crippen MR) is 93.5 cm³/mol. The van der Waals surface area contributed by atoms with Gasteiger partial charge >= 0.3 is 8.07 Å². The topological polar surface area (TPSA) is 52.6 Å². The van der Waals surface area contributed by atoms with Crippen molar-refractivity contribution in [3.63, 3.8) is 0 Å². The molecule has 0 bridgehead atoms. The molecule has 2 rings (SSSR count). The molecule has 0 heterocycles. The molecule has 0 N–H and O–H groups in total. The van der Waals surface area contributed by atoms with Crippen LogP contribution in [0, 0.1) is 0 Å². The molecule has 0 aliphatic heterocycles. The minimum atomic E-state index is -2.96.